The summed E-state index contributed by atoms with van der Waals surface area (Å²) >= 11 is 0. The Kier molecular flexibility index (Phi) is 5.08. The molecule has 3 rings (SSSR count). The van der Waals surface area contributed by atoms with Gasteiger partial charge >= 0.3 is 18.6 Å². The van der Waals surface area contributed by atoms with E-state index in [2.05, 4.69) is 10.1 Å². The standard InChI is InChI=1S/C19H22F2N2O4/c1-9-7-12(8-10(2)16(9)27-18(20)21)15-14(17(24)26-4)11(3)23(13-5-6-13)19(25)22-15/h7-8,13,15,18H,5-6H2,1-4H3,(H,22,25)/t15-/m1/s1. The van der Waals surface area contributed by atoms with Gasteiger partial charge < -0.3 is 14.8 Å². The van der Waals surface area contributed by atoms with Gasteiger partial charge in [-0.05, 0) is 62.4 Å². The number of amides is 2. The molecule has 1 heterocycles. The SMILES string of the molecule is COC(=O)C1=C(C)N(C2CC2)C(=O)N[C@@H]1c1cc(C)c(OC(F)F)c(C)c1. The Bertz CT molecular complexity index is 795. The number of ether oxygens (including phenoxy) is 2. The predicted octanol–water partition coefficient (Wildman–Crippen LogP) is 3.58. The number of esters is 1. The maximum Gasteiger partial charge on any atom is 0.387 e. The maximum absolute atomic E-state index is 12.6. The average molecular weight is 380 g/mol. The van der Waals surface area contributed by atoms with E-state index in [0.717, 1.165) is 12.8 Å². The molecule has 0 bridgehead atoms. The third-order valence-electron chi connectivity index (χ3n) is 4.87. The molecule has 0 spiro atoms. The van der Waals surface area contributed by atoms with Crippen LogP contribution in [0.1, 0.15) is 42.5 Å². The first-order valence-electron chi connectivity index (χ1n) is 8.69. The highest BCUT2D eigenvalue weighted by molar-refractivity contribution is 5.95. The lowest BCUT2D eigenvalue weighted by Crippen LogP contribution is -2.48. The number of urea groups is 1. The van der Waals surface area contributed by atoms with Gasteiger partial charge in [-0.15, -0.1) is 0 Å². The smallest absolute Gasteiger partial charge is 0.387 e. The molecule has 146 valence electrons. The van der Waals surface area contributed by atoms with Crippen LogP contribution in [0, 0.1) is 13.8 Å². The van der Waals surface area contributed by atoms with Gasteiger partial charge in [-0.1, -0.05) is 0 Å². The van der Waals surface area contributed by atoms with Crippen LogP contribution in [-0.2, 0) is 9.53 Å². The molecule has 2 aliphatic rings. The number of methoxy groups -OCH3 is 1. The number of hydrogen-bond donors (Lipinski definition) is 1. The van der Waals surface area contributed by atoms with Gasteiger partial charge in [0.2, 0.25) is 0 Å². The summed E-state index contributed by atoms with van der Waals surface area (Å²) in [5.74, 6) is -0.442. The van der Waals surface area contributed by atoms with Crippen LogP contribution < -0.4 is 10.1 Å². The largest absolute Gasteiger partial charge is 0.466 e. The van der Waals surface area contributed by atoms with E-state index in [9.17, 15) is 18.4 Å². The van der Waals surface area contributed by atoms with Crippen molar-refractivity contribution in [2.24, 2.45) is 0 Å². The van der Waals surface area contributed by atoms with Crippen LogP contribution >= 0.6 is 0 Å². The van der Waals surface area contributed by atoms with E-state index in [1.54, 1.807) is 37.8 Å². The first-order valence-corrected chi connectivity index (χ1v) is 8.69. The second kappa shape index (κ2) is 7.17. The number of carbonyl (C=O) groups excluding carboxylic acids is 2. The van der Waals surface area contributed by atoms with Crippen molar-refractivity contribution in [1.29, 1.82) is 0 Å². The van der Waals surface area contributed by atoms with Crippen LogP contribution in [0.15, 0.2) is 23.4 Å². The summed E-state index contributed by atoms with van der Waals surface area (Å²) in [6.07, 6.45) is 1.78. The van der Waals surface area contributed by atoms with E-state index in [1.807, 2.05) is 0 Å². The minimum atomic E-state index is -2.93. The van der Waals surface area contributed by atoms with Crippen molar-refractivity contribution in [1.82, 2.24) is 10.2 Å². The molecule has 2 amide bonds. The van der Waals surface area contributed by atoms with E-state index >= 15 is 0 Å². The number of aryl methyl sites for hydroxylation is 2. The molecule has 1 aromatic carbocycles. The fourth-order valence-corrected chi connectivity index (χ4v) is 3.58. The molecule has 1 saturated carbocycles. The van der Waals surface area contributed by atoms with Crippen LogP contribution in [0.3, 0.4) is 0 Å². The number of halogens is 2. The van der Waals surface area contributed by atoms with Gasteiger partial charge in [0.15, 0.2) is 0 Å². The van der Waals surface area contributed by atoms with E-state index in [0.29, 0.717) is 28.0 Å². The van der Waals surface area contributed by atoms with Crippen LogP contribution in [-0.4, -0.2) is 36.7 Å². The second-order valence-corrected chi connectivity index (χ2v) is 6.84. The summed E-state index contributed by atoms with van der Waals surface area (Å²) in [6.45, 7) is 2.08. The molecule has 0 saturated heterocycles. The zero-order valence-electron chi connectivity index (χ0n) is 15.6. The molecule has 1 aliphatic heterocycles. The summed E-state index contributed by atoms with van der Waals surface area (Å²) in [7, 11) is 1.29. The highest BCUT2D eigenvalue weighted by atomic mass is 19.3. The Hall–Kier alpha value is -2.64. The molecular formula is C19H22F2N2O4. The number of nitrogens with zero attached hydrogens (tertiary/aromatic N) is 1. The molecular weight excluding hydrogens is 358 g/mol. The third kappa shape index (κ3) is 3.61. The molecule has 27 heavy (non-hydrogen) atoms. The highest BCUT2D eigenvalue weighted by Crippen LogP contribution is 2.39. The summed E-state index contributed by atoms with van der Waals surface area (Å²) in [4.78, 5) is 26.7. The molecule has 0 aromatic heterocycles. The molecule has 1 N–H and O–H groups in total. The third-order valence-corrected chi connectivity index (χ3v) is 4.87. The molecule has 0 unspecified atom stereocenters. The van der Waals surface area contributed by atoms with E-state index < -0.39 is 18.6 Å². The van der Waals surface area contributed by atoms with Gasteiger partial charge in [-0.25, -0.2) is 9.59 Å². The van der Waals surface area contributed by atoms with Crippen molar-refractivity contribution in [2.75, 3.05) is 7.11 Å². The Morgan fingerprint density at radius 3 is 2.30 bits per heavy atom. The zero-order valence-corrected chi connectivity index (χ0v) is 15.6. The number of carbonyl (C=O) groups is 2. The number of nitrogens with one attached hydrogen (secondary N) is 1. The van der Waals surface area contributed by atoms with Gasteiger partial charge in [0, 0.05) is 11.7 Å². The Morgan fingerprint density at radius 1 is 1.22 bits per heavy atom. The fraction of sp³-hybridized carbons (Fsp3) is 0.474. The van der Waals surface area contributed by atoms with Crippen LogP contribution in [0.2, 0.25) is 0 Å². The van der Waals surface area contributed by atoms with Crippen molar-refractivity contribution in [2.45, 2.75) is 52.3 Å². The van der Waals surface area contributed by atoms with E-state index in [1.165, 1.54) is 7.11 Å². The normalized spacial score (nSPS) is 20.0. The van der Waals surface area contributed by atoms with Crippen LogP contribution in [0.5, 0.6) is 5.75 Å². The van der Waals surface area contributed by atoms with Gasteiger partial charge in [-0.3, -0.25) is 4.90 Å². The first-order chi connectivity index (χ1) is 12.7. The topological polar surface area (TPSA) is 67.9 Å². The van der Waals surface area contributed by atoms with Crippen molar-refractivity contribution in [3.63, 3.8) is 0 Å². The number of rotatable bonds is 5. The monoisotopic (exact) mass is 380 g/mol. The quantitative estimate of drug-likeness (QED) is 0.793. The lowest BCUT2D eigenvalue weighted by atomic mass is 9.92. The summed E-state index contributed by atoms with van der Waals surface area (Å²) in [6, 6.07) is 2.36. The van der Waals surface area contributed by atoms with Gasteiger partial charge in [0.05, 0.1) is 18.7 Å². The van der Waals surface area contributed by atoms with Crippen molar-refractivity contribution in [3.05, 3.63) is 40.1 Å². The predicted molar refractivity (Wildman–Crippen MR) is 93.4 cm³/mol. The summed E-state index contributed by atoms with van der Waals surface area (Å²) in [5, 5.41) is 2.85. The molecule has 1 aromatic rings. The van der Waals surface area contributed by atoms with Gasteiger partial charge in [0.25, 0.3) is 0 Å². The number of hydrogen-bond acceptors (Lipinski definition) is 4. The van der Waals surface area contributed by atoms with Crippen LogP contribution in [0.4, 0.5) is 13.6 Å². The van der Waals surface area contributed by atoms with E-state index in [4.69, 9.17) is 4.74 Å². The molecule has 6 nitrogen and oxygen atoms in total. The highest BCUT2D eigenvalue weighted by Gasteiger charge is 2.42. The maximum atomic E-state index is 12.6. The van der Waals surface area contributed by atoms with Crippen molar-refractivity contribution in [3.8, 4) is 5.75 Å². The van der Waals surface area contributed by atoms with Crippen molar-refractivity contribution < 1.29 is 27.8 Å². The molecule has 1 aliphatic carbocycles. The number of allylic oxidation sites excluding steroid dienone is 1. The molecule has 1 fully saturated rings. The van der Waals surface area contributed by atoms with Gasteiger partial charge in [-0.2, -0.15) is 8.78 Å². The Morgan fingerprint density at radius 2 is 1.81 bits per heavy atom. The zero-order chi connectivity index (χ0) is 19.9. The van der Waals surface area contributed by atoms with Crippen LogP contribution in [0.25, 0.3) is 0 Å². The summed E-state index contributed by atoms with van der Waals surface area (Å²) in [5.41, 5.74) is 2.49. The lowest BCUT2D eigenvalue weighted by molar-refractivity contribution is -0.136. The second-order valence-electron chi connectivity index (χ2n) is 6.84. The Labute approximate surface area is 156 Å². The molecule has 8 heteroatoms. The molecule has 1 atom stereocenters. The number of benzene rings is 1. The lowest BCUT2D eigenvalue weighted by Gasteiger charge is -2.35. The van der Waals surface area contributed by atoms with Crippen molar-refractivity contribution >= 4 is 12.0 Å². The minimum Gasteiger partial charge on any atom is -0.466 e. The molecule has 0 radical (unpaired) electrons. The summed E-state index contributed by atoms with van der Waals surface area (Å²) < 4.78 is 34.8. The van der Waals surface area contributed by atoms with Gasteiger partial charge in [0.1, 0.15) is 5.75 Å². The Balaban J connectivity index is 2.06. The first kappa shape index (κ1) is 19.1. The van der Waals surface area contributed by atoms with E-state index in [-0.39, 0.29) is 17.8 Å². The number of alkyl halides is 2. The fourth-order valence-electron chi connectivity index (χ4n) is 3.58. The minimum absolute atomic E-state index is 0.0933. The average Bonchev–Trinajstić information content (AvgIpc) is 3.41.